The monoisotopic (exact) mass is 275 g/mol. The molecular weight excluding hydrogens is 254 g/mol. The Morgan fingerprint density at radius 3 is 2.85 bits per heavy atom. The fourth-order valence-electron chi connectivity index (χ4n) is 2.55. The van der Waals surface area contributed by atoms with Crippen LogP contribution in [-0.4, -0.2) is 42.7 Å². The van der Waals surface area contributed by atoms with E-state index in [9.17, 15) is 4.79 Å². The number of carboxylic acids is 1. The lowest BCUT2D eigenvalue weighted by molar-refractivity contribution is -0.138. The average Bonchev–Trinajstić information content (AvgIpc) is 2.86. The summed E-state index contributed by atoms with van der Waals surface area (Å²) in [6.07, 6.45) is 5.50. The molecule has 108 valence electrons. The molecule has 2 rings (SSSR count). The van der Waals surface area contributed by atoms with Crippen molar-refractivity contribution in [1.29, 1.82) is 0 Å². The summed E-state index contributed by atoms with van der Waals surface area (Å²) < 4.78 is 5.12. The molecule has 1 atom stereocenters. The number of carboxylic acid groups (broad SMARTS) is 1. The second-order valence-electron chi connectivity index (χ2n) is 5.19. The fourth-order valence-corrected chi connectivity index (χ4v) is 2.55. The molecule has 1 aliphatic rings. The van der Waals surface area contributed by atoms with Gasteiger partial charge in [-0.2, -0.15) is 0 Å². The van der Waals surface area contributed by atoms with Crippen molar-refractivity contribution < 1.29 is 14.6 Å². The van der Waals surface area contributed by atoms with Crippen LogP contribution in [0.1, 0.15) is 18.4 Å². The SMILES string of the molecule is COc1ccc(C=CCN2CCC(CC(=O)O)C2)cc1. The van der Waals surface area contributed by atoms with Crippen molar-refractivity contribution >= 4 is 12.0 Å². The van der Waals surface area contributed by atoms with Crippen molar-refractivity contribution in [3.63, 3.8) is 0 Å². The standard InChI is InChI=1S/C16H21NO3/c1-20-15-6-4-13(5-7-15)3-2-9-17-10-8-14(12-17)11-16(18)19/h2-7,14H,8-12H2,1H3,(H,18,19). The molecule has 0 aromatic heterocycles. The van der Waals surface area contributed by atoms with Crippen molar-refractivity contribution in [2.45, 2.75) is 12.8 Å². The summed E-state index contributed by atoms with van der Waals surface area (Å²) in [5.74, 6) is 0.478. The summed E-state index contributed by atoms with van der Waals surface area (Å²) in [4.78, 5) is 13.0. The predicted molar refractivity (Wildman–Crippen MR) is 78.8 cm³/mol. The third-order valence-electron chi connectivity index (χ3n) is 3.62. The lowest BCUT2D eigenvalue weighted by Gasteiger charge is -2.12. The molecule has 1 fully saturated rings. The van der Waals surface area contributed by atoms with Crippen molar-refractivity contribution in [3.05, 3.63) is 35.9 Å². The Kier molecular flexibility index (Phi) is 5.18. The van der Waals surface area contributed by atoms with Gasteiger partial charge in [0.05, 0.1) is 7.11 Å². The Bertz CT molecular complexity index is 467. The maximum absolute atomic E-state index is 10.7. The van der Waals surface area contributed by atoms with Gasteiger partial charge in [-0.05, 0) is 36.6 Å². The highest BCUT2D eigenvalue weighted by Gasteiger charge is 2.23. The quantitative estimate of drug-likeness (QED) is 0.866. The highest BCUT2D eigenvalue weighted by Crippen LogP contribution is 2.19. The number of likely N-dealkylation sites (tertiary alicyclic amines) is 1. The molecule has 0 saturated carbocycles. The Morgan fingerprint density at radius 1 is 1.45 bits per heavy atom. The first-order valence-electron chi connectivity index (χ1n) is 6.92. The summed E-state index contributed by atoms with van der Waals surface area (Å²) in [5, 5.41) is 8.78. The number of benzene rings is 1. The molecule has 1 aromatic carbocycles. The molecule has 0 spiro atoms. The van der Waals surface area contributed by atoms with Gasteiger partial charge in [0.25, 0.3) is 0 Å². The van der Waals surface area contributed by atoms with Crippen LogP contribution < -0.4 is 4.74 Å². The van der Waals surface area contributed by atoms with Crippen molar-refractivity contribution in [3.8, 4) is 5.75 Å². The van der Waals surface area contributed by atoms with Crippen LogP contribution in [0.25, 0.3) is 6.08 Å². The smallest absolute Gasteiger partial charge is 0.303 e. The van der Waals surface area contributed by atoms with E-state index in [0.717, 1.165) is 37.4 Å². The largest absolute Gasteiger partial charge is 0.497 e. The molecule has 20 heavy (non-hydrogen) atoms. The Morgan fingerprint density at radius 2 is 2.20 bits per heavy atom. The van der Waals surface area contributed by atoms with Gasteiger partial charge in [0.1, 0.15) is 5.75 Å². The molecule has 1 unspecified atom stereocenters. The highest BCUT2D eigenvalue weighted by molar-refractivity contribution is 5.67. The molecule has 1 aromatic rings. The van der Waals surface area contributed by atoms with Gasteiger partial charge in [0.15, 0.2) is 0 Å². The van der Waals surface area contributed by atoms with Gasteiger partial charge in [-0.25, -0.2) is 0 Å². The minimum Gasteiger partial charge on any atom is -0.497 e. The number of methoxy groups -OCH3 is 1. The molecule has 0 radical (unpaired) electrons. The zero-order valence-corrected chi connectivity index (χ0v) is 11.8. The van der Waals surface area contributed by atoms with Crippen LogP contribution in [0.15, 0.2) is 30.3 Å². The number of aliphatic carboxylic acids is 1. The number of ether oxygens (including phenoxy) is 1. The topological polar surface area (TPSA) is 49.8 Å². The van der Waals surface area contributed by atoms with E-state index < -0.39 is 5.97 Å². The maximum atomic E-state index is 10.7. The van der Waals surface area contributed by atoms with Crippen LogP contribution in [-0.2, 0) is 4.79 Å². The van der Waals surface area contributed by atoms with Gasteiger partial charge in [-0.1, -0.05) is 24.3 Å². The summed E-state index contributed by atoms with van der Waals surface area (Å²) in [6.45, 7) is 2.76. The second-order valence-corrected chi connectivity index (χ2v) is 5.19. The molecule has 4 nitrogen and oxygen atoms in total. The first kappa shape index (κ1) is 14.6. The molecule has 4 heteroatoms. The van der Waals surface area contributed by atoms with E-state index in [1.165, 1.54) is 0 Å². The number of rotatable bonds is 6. The highest BCUT2D eigenvalue weighted by atomic mass is 16.5. The van der Waals surface area contributed by atoms with Gasteiger partial charge in [0.2, 0.25) is 0 Å². The first-order chi connectivity index (χ1) is 9.67. The van der Waals surface area contributed by atoms with E-state index >= 15 is 0 Å². The lowest BCUT2D eigenvalue weighted by Crippen LogP contribution is -2.21. The molecule has 1 aliphatic heterocycles. The van der Waals surface area contributed by atoms with Gasteiger partial charge in [0, 0.05) is 19.5 Å². The third-order valence-corrected chi connectivity index (χ3v) is 3.62. The Labute approximate surface area is 119 Å². The third kappa shape index (κ3) is 4.38. The van der Waals surface area contributed by atoms with Gasteiger partial charge >= 0.3 is 5.97 Å². The van der Waals surface area contributed by atoms with Crippen LogP contribution in [0.4, 0.5) is 0 Å². The van der Waals surface area contributed by atoms with Crippen molar-refractivity contribution in [2.24, 2.45) is 5.92 Å². The van der Waals surface area contributed by atoms with Crippen LogP contribution in [0.3, 0.4) is 0 Å². The molecule has 1 N–H and O–H groups in total. The van der Waals surface area contributed by atoms with Gasteiger partial charge in [-0.3, -0.25) is 9.69 Å². The van der Waals surface area contributed by atoms with Gasteiger partial charge in [-0.15, -0.1) is 0 Å². The zero-order valence-electron chi connectivity index (χ0n) is 11.8. The predicted octanol–water partition coefficient (Wildman–Crippen LogP) is 2.51. The molecular formula is C16H21NO3. The zero-order chi connectivity index (χ0) is 14.4. The summed E-state index contributed by atoms with van der Waals surface area (Å²) >= 11 is 0. The van der Waals surface area contributed by atoms with Crippen molar-refractivity contribution in [1.82, 2.24) is 4.90 Å². The fraction of sp³-hybridized carbons (Fsp3) is 0.438. The minimum absolute atomic E-state index is 0.290. The molecule has 0 amide bonds. The number of hydrogen-bond donors (Lipinski definition) is 1. The van der Waals surface area contributed by atoms with E-state index in [0.29, 0.717) is 12.3 Å². The summed E-state index contributed by atoms with van der Waals surface area (Å²) in [7, 11) is 1.66. The summed E-state index contributed by atoms with van der Waals surface area (Å²) in [6, 6.07) is 7.93. The average molecular weight is 275 g/mol. The van der Waals surface area contributed by atoms with Crippen molar-refractivity contribution in [2.75, 3.05) is 26.7 Å². The molecule has 1 saturated heterocycles. The first-order valence-corrected chi connectivity index (χ1v) is 6.92. The summed E-state index contributed by atoms with van der Waals surface area (Å²) in [5.41, 5.74) is 1.15. The molecule has 0 bridgehead atoms. The number of hydrogen-bond acceptors (Lipinski definition) is 3. The Hall–Kier alpha value is -1.81. The van der Waals surface area contributed by atoms with Gasteiger partial charge < -0.3 is 9.84 Å². The van der Waals surface area contributed by atoms with E-state index in [2.05, 4.69) is 17.1 Å². The molecule has 1 heterocycles. The van der Waals surface area contributed by atoms with E-state index in [4.69, 9.17) is 9.84 Å². The van der Waals surface area contributed by atoms with E-state index in [-0.39, 0.29) is 0 Å². The second kappa shape index (κ2) is 7.10. The van der Waals surface area contributed by atoms with Crippen LogP contribution in [0.2, 0.25) is 0 Å². The Balaban J connectivity index is 1.77. The minimum atomic E-state index is -0.689. The van der Waals surface area contributed by atoms with Crippen LogP contribution in [0.5, 0.6) is 5.75 Å². The number of nitrogens with zero attached hydrogens (tertiary/aromatic N) is 1. The van der Waals surface area contributed by atoms with Crippen LogP contribution in [0, 0.1) is 5.92 Å². The van der Waals surface area contributed by atoms with Crippen LogP contribution >= 0.6 is 0 Å². The number of carbonyl (C=O) groups is 1. The van der Waals surface area contributed by atoms with E-state index in [1.807, 2.05) is 24.3 Å². The maximum Gasteiger partial charge on any atom is 0.303 e. The normalized spacial score (nSPS) is 19.6. The lowest BCUT2D eigenvalue weighted by atomic mass is 10.1. The van der Waals surface area contributed by atoms with E-state index in [1.54, 1.807) is 7.11 Å². The molecule has 0 aliphatic carbocycles.